The second kappa shape index (κ2) is 13.6. The van der Waals surface area contributed by atoms with Gasteiger partial charge in [-0.15, -0.1) is 0 Å². The third-order valence-corrected chi connectivity index (χ3v) is 5.61. The van der Waals surface area contributed by atoms with E-state index in [9.17, 15) is 0 Å². The average Bonchev–Trinajstić information content (AvgIpc) is 2.16. The maximum absolute atomic E-state index is 2.29. The van der Waals surface area contributed by atoms with Crippen molar-refractivity contribution >= 4 is 0 Å². The van der Waals surface area contributed by atoms with Crippen LogP contribution in [0.3, 0.4) is 0 Å². The second-order valence-corrected chi connectivity index (χ2v) is 8.29. The van der Waals surface area contributed by atoms with Crippen molar-refractivity contribution in [2.45, 2.75) is 71.9 Å². The van der Waals surface area contributed by atoms with Crippen LogP contribution in [0.2, 0.25) is 0.741 Å². The summed E-state index contributed by atoms with van der Waals surface area (Å²) in [5.74, 6) is 0. The zero-order valence-corrected chi connectivity index (χ0v) is 18.0. The molecule has 0 rings (SSSR count). The number of rotatable bonds is 10. The summed E-state index contributed by atoms with van der Waals surface area (Å²) >= 11 is 0.840. The van der Waals surface area contributed by atoms with Crippen LogP contribution in [0.1, 0.15) is 71.1 Å². The van der Waals surface area contributed by atoms with Crippen LogP contribution in [0.25, 0.3) is 0 Å². The first-order valence-corrected chi connectivity index (χ1v) is 12.2. The van der Waals surface area contributed by atoms with E-state index in [1.807, 2.05) is 0 Å². The average molecular weight is 392 g/mol. The molecule has 0 heterocycles. The summed E-state index contributed by atoms with van der Waals surface area (Å²) < 4.78 is 1.60. The third-order valence-electron chi connectivity index (χ3n) is 2.71. The van der Waals surface area contributed by atoms with E-state index in [0.29, 0.717) is 0 Å². The number of unbranched alkanes of at least 4 members (excludes halogenated alkanes) is 9. The van der Waals surface area contributed by atoms with Gasteiger partial charge in [0.25, 0.3) is 0 Å². The Labute approximate surface area is 118 Å². The third kappa shape index (κ3) is 13.6. The van der Waals surface area contributed by atoms with Gasteiger partial charge in [0.05, 0.1) is 0 Å². The molecule has 0 aromatic carbocycles. The molecule has 0 saturated heterocycles. The van der Waals surface area contributed by atoms with Crippen molar-refractivity contribution in [1.82, 2.24) is 0 Å². The molecule has 0 amide bonds. The van der Waals surface area contributed by atoms with Gasteiger partial charge < -0.3 is 0 Å². The monoisotopic (exact) mass is 392 g/mol. The molecule has 0 spiro atoms. The van der Waals surface area contributed by atoms with Gasteiger partial charge in [-0.25, -0.2) is 0 Å². The Morgan fingerprint density at radius 3 is 1.38 bits per heavy atom. The summed E-state index contributed by atoms with van der Waals surface area (Å²) in [6, 6.07) is 0. The molecule has 0 radical (unpaired) electrons. The first-order valence-electron chi connectivity index (χ1n) is 6.41. The second-order valence-electron chi connectivity index (χ2n) is 4.18. The minimum atomic E-state index is 0.840. The predicted octanol–water partition coefficient (Wildman–Crippen LogP) is 4.87. The van der Waals surface area contributed by atoms with Gasteiger partial charge >= 0.3 is 119 Å². The molecule has 0 aromatic rings. The molecule has 0 fully saturated rings. The minimum absolute atomic E-state index is 0.840. The molecule has 0 bridgehead atoms. The summed E-state index contributed by atoms with van der Waals surface area (Å²) in [5, 5.41) is 0. The molecule has 0 aliphatic rings. The van der Waals surface area contributed by atoms with Crippen molar-refractivity contribution < 1.29 is 47.5 Å². The summed E-state index contributed by atoms with van der Waals surface area (Å²) in [5.41, 5.74) is 0. The normalized spacial score (nSPS) is 10.7. The van der Waals surface area contributed by atoms with Gasteiger partial charge in [-0.05, 0) is 0 Å². The molecule has 0 aliphatic carbocycles. The van der Waals surface area contributed by atoms with Gasteiger partial charge in [0.1, 0.15) is 0 Å². The Morgan fingerprint density at radius 2 is 1.00 bits per heavy atom. The number of hydrogen-bond donors (Lipinski definition) is 0. The molecule has 0 N–H and O–H groups in total. The zero-order valence-electron chi connectivity index (χ0n) is 9.78. The molecule has 0 nitrogen and oxygen atoms in total. The van der Waals surface area contributed by atoms with Crippen molar-refractivity contribution in [2.24, 2.45) is 0 Å². The van der Waals surface area contributed by atoms with Crippen LogP contribution in [0.5, 0.6) is 0 Å². The maximum atomic E-state index is 2.29. The summed E-state index contributed by atoms with van der Waals surface area (Å²) in [4.78, 5) is 0. The Bertz CT molecular complexity index is 71.2. The first-order chi connectivity index (χ1) is 6.41. The molecule has 0 saturated carbocycles. The van der Waals surface area contributed by atoms with E-state index >= 15 is 0 Å². The van der Waals surface area contributed by atoms with E-state index in [1.165, 1.54) is 57.8 Å². The topological polar surface area (TPSA) is 0 Å². The zero-order chi connectivity index (χ0) is 9.78. The molecular formula is C12H25Fr. The molecule has 13 heavy (non-hydrogen) atoms. The van der Waals surface area contributed by atoms with Gasteiger partial charge in [0.15, 0.2) is 0 Å². The van der Waals surface area contributed by atoms with Gasteiger partial charge in [0, 0.05) is 0 Å². The summed E-state index contributed by atoms with van der Waals surface area (Å²) in [7, 11) is 0. The van der Waals surface area contributed by atoms with Crippen LogP contribution < -0.4 is 0 Å². The van der Waals surface area contributed by atoms with Gasteiger partial charge in [-0.2, -0.15) is 0 Å². The van der Waals surface area contributed by atoms with E-state index in [1.54, 1.807) is 7.16 Å². The molecule has 0 unspecified atom stereocenters. The van der Waals surface area contributed by atoms with Crippen molar-refractivity contribution in [3.05, 3.63) is 0 Å². The van der Waals surface area contributed by atoms with E-state index in [0.717, 1.165) is 47.5 Å². The summed E-state index contributed by atoms with van der Waals surface area (Å²) in [6.45, 7) is 2.29. The Balaban J connectivity index is 2.76. The predicted molar refractivity (Wildman–Crippen MR) is 56.7 cm³/mol. The quantitative estimate of drug-likeness (QED) is 0.465. The number of hydrogen-bond acceptors (Lipinski definition) is 0. The van der Waals surface area contributed by atoms with E-state index in [2.05, 4.69) is 6.92 Å². The Morgan fingerprint density at radius 1 is 0.615 bits per heavy atom. The van der Waals surface area contributed by atoms with Crippen LogP contribution in [0.15, 0.2) is 0 Å². The standard InChI is InChI=1S/C12H25.Fr/c1-3-5-7-9-11-12-10-8-6-4-2;/h1,3-12H2,2H3;. The molecule has 74 valence electrons. The SMILES string of the molecule is CCCCCCCCCCC[CH2][Fr]. The van der Waals surface area contributed by atoms with Gasteiger partial charge in [-0.3, -0.25) is 0 Å². The fourth-order valence-corrected chi connectivity index (χ4v) is 3.79. The van der Waals surface area contributed by atoms with E-state index in [-0.39, 0.29) is 0 Å². The van der Waals surface area contributed by atoms with Crippen molar-refractivity contribution in [3.63, 3.8) is 0 Å². The van der Waals surface area contributed by atoms with Crippen LogP contribution in [0, 0.1) is 47.5 Å². The van der Waals surface area contributed by atoms with Crippen LogP contribution >= 0.6 is 0 Å². The molecule has 0 aliphatic heterocycles. The van der Waals surface area contributed by atoms with E-state index < -0.39 is 0 Å². The van der Waals surface area contributed by atoms with Crippen LogP contribution in [-0.2, 0) is 0 Å². The molecule has 0 atom stereocenters. The van der Waals surface area contributed by atoms with E-state index in [4.69, 9.17) is 0 Å². The first kappa shape index (κ1) is 14.6. The molecule has 0 aromatic heterocycles. The molecule has 1 heteroatoms. The summed E-state index contributed by atoms with van der Waals surface area (Å²) in [6.07, 6.45) is 14.9. The van der Waals surface area contributed by atoms with Crippen molar-refractivity contribution in [1.29, 1.82) is 0 Å². The molecular weight excluding hydrogens is 367 g/mol. The van der Waals surface area contributed by atoms with Crippen LogP contribution in [-0.4, -0.2) is 0 Å². The Hall–Kier alpha value is 1.60. The van der Waals surface area contributed by atoms with Crippen molar-refractivity contribution in [3.8, 4) is 0 Å². The van der Waals surface area contributed by atoms with Crippen molar-refractivity contribution in [2.75, 3.05) is 0 Å². The van der Waals surface area contributed by atoms with Gasteiger partial charge in [0.2, 0.25) is 0 Å². The fraction of sp³-hybridized carbons (Fsp3) is 1.00. The van der Waals surface area contributed by atoms with Crippen LogP contribution in [0.4, 0.5) is 0 Å². The van der Waals surface area contributed by atoms with Gasteiger partial charge in [-0.1, -0.05) is 0 Å². The Kier molecular flexibility index (Phi) is 15.3. The fourth-order valence-electron chi connectivity index (χ4n) is 1.74.